The van der Waals surface area contributed by atoms with Crippen LogP contribution in [0.4, 0.5) is 0 Å². The lowest BCUT2D eigenvalue weighted by molar-refractivity contribution is 0.507. The van der Waals surface area contributed by atoms with Crippen molar-refractivity contribution in [2.24, 2.45) is 0 Å². The molecule has 0 spiro atoms. The molecule has 29 heavy (non-hydrogen) atoms. The molecule has 0 fully saturated rings. The molecule has 0 aliphatic rings. The first-order valence-electron chi connectivity index (χ1n) is 10.0. The zero-order chi connectivity index (χ0) is 20.7. The molecule has 0 amide bonds. The van der Waals surface area contributed by atoms with Crippen LogP contribution in [-0.2, 0) is 10.0 Å². The van der Waals surface area contributed by atoms with E-state index < -0.39 is 10.0 Å². The van der Waals surface area contributed by atoms with Crippen molar-refractivity contribution in [3.05, 3.63) is 66.2 Å². The van der Waals surface area contributed by atoms with E-state index in [9.17, 15) is 8.42 Å². The average Bonchev–Trinajstić information content (AvgIpc) is 3.21. The lowest BCUT2D eigenvalue weighted by Crippen LogP contribution is -2.29. The fraction of sp³-hybridized carbons (Fsp3) is 0.364. The molecule has 1 atom stereocenters. The summed E-state index contributed by atoms with van der Waals surface area (Å²) in [6, 6.07) is 10.3. The van der Waals surface area contributed by atoms with E-state index in [1.807, 2.05) is 31.2 Å². The molecule has 0 saturated heterocycles. The lowest BCUT2D eigenvalue weighted by atomic mass is 10.1. The molecular weight excluding hydrogens is 384 g/mol. The number of benzene rings is 1. The molecule has 7 heteroatoms. The average molecular weight is 413 g/mol. The first kappa shape index (κ1) is 21.2. The maximum Gasteiger partial charge on any atom is 0.241 e. The summed E-state index contributed by atoms with van der Waals surface area (Å²) in [6.07, 6.45) is 10.1. The van der Waals surface area contributed by atoms with Crippen LogP contribution in [-0.4, -0.2) is 23.4 Å². The van der Waals surface area contributed by atoms with Gasteiger partial charge in [-0.1, -0.05) is 50.3 Å². The highest BCUT2D eigenvalue weighted by atomic mass is 32.2. The second-order valence-electron chi connectivity index (χ2n) is 7.27. The molecule has 0 radical (unpaired) electrons. The number of rotatable bonds is 10. The minimum atomic E-state index is -3.63. The van der Waals surface area contributed by atoms with Crippen molar-refractivity contribution in [2.45, 2.75) is 56.9 Å². The minimum absolute atomic E-state index is 0.272. The van der Waals surface area contributed by atoms with Gasteiger partial charge in [-0.15, -0.1) is 0 Å². The van der Waals surface area contributed by atoms with E-state index in [0.717, 1.165) is 42.5 Å². The number of hydrogen-bond donors (Lipinski definition) is 2. The number of unbranched alkanes of at least 4 members (excludes halogenated alkanes) is 3. The first-order chi connectivity index (χ1) is 14.0. The number of imidazole rings is 1. The van der Waals surface area contributed by atoms with Crippen LogP contribution in [0, 0.1) is 6.92 Å². The summed E-state index contributed by atoms with van der Waals surface area (Å²) in [5, 5.41) is 0. The molecule has 2 aromatic heterocycles. The van der Waals surface area contributed by atoms with E-state index in [1.165, 1.54) is 0 Å². The highest BCUT2D eigenvalue weighted by molar-refractivity contribution is 7.89. The third-order valence-corrected chi connectivity index (χ3v) is 6.37. The molecule has 3 aromatic rings. The first-order valence-corrected chi connectivity index (χ1v) is 11.5. The smallest absolute Gasteiger partial charge is 0.241 e. The van der Waals surface area contributed by atoms with Gasteiger partial charge < -0.3 is 4.98 Å². The predicted molar refractivity (Wildman–Crippen MR) is 115 cm³/mol. The molecule has 0 bridgehead atoms. The van der Waals surface area contributed by atoms with Crippen molar-refractivity contribution in [1.29, 1.82) is 0 Å². The summed E-state index contributed by atoms with van der Waals surface area (Å²) in [5.74, 6) is 0.682. The summed E-state index contributed by atoms with van der Waals surface area (Å²) in [5.41, 5.74) is 2.65. The Morgan fingerprint density at radius 3 is 2.55 bits per heavy atom. The molecule has 3 rings (SSSR count). The lowest BCUT2D eigenvalue weighted by Gasteiger charge is -2.18. The molecule has 2 N–H and O–H groups in total. The van der Waals surface area contributed by atoms with Crippen molar-refractivity contribution in [2.75, 3.05) is 0 Å². The number of pyridine rings is 1. The fourth-order valence-electron chi connectivity index (χ4n) is 3.19. The summed E-state index contributed by atoms with van der Waals surface area (Å²) >= 11 is 0. The standard InChI is InChI=1S/C22H28N4O2S/c1-3-4-5-6-9-20(26-29(27,28)19-12-10-17(2)11-13-19)21-16-24-22(25-21)18-8-7-14-23-15-18/h7-8,10-16,20,26H,3-6,9H2,1-2H3,(H,24,25)/t20-/m1/s1. The van der Waals surface area contributed by atoms with E-state index in [2.05, 4.69) is 26.6 Å². The van der Waals surface area contributed by atoms with Gasteiger partial charge in [0.05, 0.1) is 22.8 Å². The van der Waals surface area contributed by atoms with E-state index >= 15 is 0 Å². The van der Waals surface area contributed by atoms with Gasteiger partial charge in [-0.2, -0.15) is 0 Å². The number of aromatic amines is 1. The minimum Gasteiger partial charge on any atom is -0.340 e. The molecule has 0 unspecified atom stereocenters. The Bertz CT molecular complexity index is 999. The molecule has 2 heterocycles. The number of hydrogen-bond acceptors (Lipinski definition) is 4. The molecule has 0 aliphatic heterocycles. The van der Waals surface area contributed by atoms with Gasteiger partial charge in [0.25, 0.3) is 0 Å². The highest BCUT2D eigenvalue weighted by Crippen LogP contribution is 2.24. The predicted octanol–water partition coefficient (Wildman–Crippen LogP) is 4.77. The molecule has 6 nitrogen and oxygen atoms in total. The Hall–Kier alpha value is -2.51. The molecular formula is C22H28N4O2S. The van der Waals surface area contributed by atoms with Crippen LogP contribution in [0.5, 0.6) is 0 Å². The second-order valence-corrected chi connectivity index (χ2v) is 8.98. The second kappa shape index (κ2) is 9.80. The van der Waals surface area contributed by atoms with Crippen LogP contribution in [0.3, 0.4) is 0 Å². The largest absolute Gasteiger partial charge is 0.340 e. The van der Waals surface area contributed by atoms with Crippen molar-refractivity contribution >= 4 is 10.0 Å². The number of aryl methyl sites for hydroxylation is 1. The van der Waals surface area contributed by atoms with Crippen LogP contribution >= 0.6 is 0 Å². The number of sulfonamides is 1. The molecule has 0 aliphatic carbocycles. The summed E-state index contributed by atoms with van der Waals surface area (Å²) in [4.78, 5) is 12.1. The van der Waals surface area contributed by atoms with E-state index in [-0.39, 0.29) is 10.9 Å². The van der Waals surface area contributed by atoms with Crippen LogP contribution < -0.4 is 4.72 Å². The topological polar surface area (TPSA) is 87.7 Å². The Kier molecular flexibility index (Phi) is 7.17. The van der Waals surface area contributed by atoms with Crippen LogP contribution in [0.25, 0.3) is 11.4 Å². The fourth-order valence-corrected chi connectivity index (χ4v) is 4.44. The van der Waals surface area contributed by atoms with Crippen LogP contribution in [0.15, 0.2) is 59.9 Å². The highest BCUT2D eigenvalue weighted by Gasteiger charge is 2.23. The van der Waals surface area contributed by atoms with Crippen molar-refractivity contribution in [1.82, 2.24) is 19.7 Å². The van der Waals surface area contributed by atoms with E-state index in [1.54, 1.807) is 30.7 Å². The maximum atomic E-state index is 12.9. The van der Waals surface area contributed by atoms with Crippen LogP contribution in [0.2, 0.25) is 0 Å². The molecule has 154 valence electrons. The third-order valence-electron chi connectivity index (χ3n) is 4.88. The summed E-state index contributed by atoms with van der Waals surface area (Å²) < 4.78 is 28.7. The zero-order valence-electron chi connectivity index (χ0n) is 16.9. The van der Waals surface area contributed by atoms with Gasteiger partial charge in [-0.25, -0.2) is 18.1 Å². The summed E-state index contributed by atoms with van der Waals surface area (Å²) in [7, 11) is -3.63. The Morgan fingerprint density at radius 2 is 1.86 bits per heavy atom. The Labute approximate surface area is 172 Å². The zero-order valence-corrected chi connectivity index (χ0v) is 17.7. The van der Waals surface area contributed by atoms with Crippen molar-refractivity contribution in [3.63, 3.8) is 0 Å². The SMILES string of the molecule is CCCCCC[C@@H](NS(=O)(=O)c1ccc(C)cc1)c1cnc(-c2cccnc2)[nH]1. The van der Waals surface area contributed by atoms with Gasteiger partial charge in [-0.05, 0) is 37.6 Å². The van der Waals surface area contributed by atoms with Gasteiger partial charge in [-0.3, -0.25) is 4.98 Å². The monoisotopic (exact) mass is 412 g/mol. The number of nitrogens with zero attached hydrogens (tertiary/aromatic N) is 2. The molecule has 1 aromatic carbocycles. The van der Waals surface area contributed by atoms with Gasteiger partial charge >= 0.3 is 0 Å². The van der Waals surface area contributed by atoms with Gasteiger partial charge in [0, 0.05) is 18.0 Å². The number of aromatic nitrogens is 3. The van der Waals surface area contributed by atoms with Gasteiger partial charge in [0.2, 0.25) is 10.0 Å². The molecule has 0 saturated carbocycles. The summed E-state index contributed by atoms with van der Waals surface area (Å²) in [6.45, 7) is 4.09. The normalized spacial score (nSPS) is 12.8. The Morgan fingerprint density at radius 1 is 1.07 bits per heavy atom. The van der Waals surface area contributed by atoms with E-state index in [0.29, 0.717) is 12.2 Å². The number of H-pyrrole nitrogens is 1. The Balaban J connectivity index is 1.82. The van der Waals surface area contributed by atoms with Gasteiger partial charge in [0.1, 0.15) is 5.82 Å². The van der Waals surface area contributed by atoms with E-state index in [4.69, 9.17) is 0 Å². The quantitative estimate of drug-likeness (QED) is 0.470. The van der Waals surface area contributed by atoms with Crippen molar-refractivity contribution < 1.29 is 8.42 Å². The van der Waals surface area contributed by atoms with Crippen molar-refractivity contribution in [3.8, 4) is 11.4 Å². The maximum absolute atomic E-state index is 12.9. The number of nitrogens with one attached hydrogen (secondary N) is 2. The van der Waals surface area contributed by atoms with Crippen LogP contribution in [0.1, 0.15) is 56.3 Å². The van der Waals surface area contributed by atoms with Gasteiger partial charge in [0.15, 0.2) is 0 Å². The third kappa shape index (κ3) is 5.74.